The first-order valence-corrected chi connectivity index (χ1v) is 12.9. The van der Waals surface area contributed by atoms with E-state index in [1.165, 1.54) is 18.1 Å². The number of esters is 1. The highest BCUT2D eigenvalue weighted by Gasteiger charge is 2.34. The minimum atomic E-state index is -0.491. The van der Waals surface area contributed by atoms with Gasteiger partial charge in [0.05, 0.1) is 23.9 Å². The molecular weight excluding hydrogens is 532 g/mol. The molecule has 0 radical (unpaired) electrons. The van der Waals surface area contributed by atoms with E-state index in [0.29, 0.717) is 57.9 Å². The fraction of sp³-hybridized carbons (Fsp3) is 0.167. The highest BCUT2D eigenvalue weighted by molar-refractivity contribution is 6.19. The van der Waals surface area contributed by atoms with E-state index in [-0.39, 0.29) is 17.6 Å². The predicted molar refractivity (Wildman–Crippen MR) is 158 cm³/mol. The lowest BCUT2D eigenvalue weighted by molar-refractivity contribution is -0.107. The molecule has 206 valence electrons. The smallest absolute Gasteiger partial charge is 0.340 e. The van der Waals surface area contributed by atoms with Crippen LogP contribution < -0.4 is 16.0 Å². The number of alkyl halides is 1. The van der Waals surface area contributed by atoms with Crippen molar-refractivity contribution >= 4 is 63.9 Å². The normalized spacial score (nSPS) is 13.7. The predicted octanol–water partition coefficient (Wildman–Crippen LogP) is 5.43. The molecule has 1 unspecified atom stereocenters. The molecule has 1 atom stereocenters. The van der Waals surface area contributed by atoms with Crippen LogP contribution in [0.1, 0.15) is 43.5 Å². The largest absolute Gasteiger partial charge is 0.506 e. The summed E-state index contributed by atoms with van der Waals surface area (Å²) in [6.07, 6.45) is 2.44. The van der Waals surface area contributed by atoms with Gasteiger partial charge in [-0.05, 0) is 54.4 Å². The number of hydrogen-bond donors (Lipinski definition) is 4. The maximum absolute atomic E-state index is 12.1. The van der Waals surface area contributed by atoms with Crippen LogP contribution in [0.5, 0.6) is 5.75 Å². The number of aromatic nitrogens is 1. The van der Waals surface area contributed by atoms with Gasteiger partial charge in [0.1, 0.15) is 5.75 Å². The number of fused-ring (bicyclic) bond motifs is 3. The van der Waals surface area contributed by atoms with E-state index in [9.17, 15) is 19.5 Å². The van der Waals surface area contributed by atoms with Crippen LogP contribution in [0.25, 0.3) is 17.0 Å². The molecule has 1 aliphatic rings. The molecule has 0 saturated heterocycles. The Kier molecular flexibility index (Phi) is 8.45. The molecule has 2 heterocycles. The highest BCUT2D eigenvalue weighted by Crippen LogP contribution is 2.46. The van der Waals surface area contributed by atoms with E-state index >= 15 is 0 Å². The molecule has 1 aliphatic heterocycles. The molecule has 0 saturated carbocycles. The van der Waals surface area contributed by atoms with Crippen LogP contribution in [0, 0.1) is 6.92 Å². The van der Waals surface area contributed by atoms with Crippen molar-refractivity contribution in [2.45, 2.75) is 12.8 Å². The Morgan fingerprint density at radius 2 is 1.98 bits per heavy atom. The quantitative estimate of drug-likeness (QED) is 0.107. The summed E-state index contributed by atoms with van der Waals surface area (Å²) in [5.74, 6) is -0.467. The third kappa shape index (κ3) is 5.50. The van der Waals surface area contributed by atoms with Gasteiger partial charge in [0, 0.05) is 52.4 Å². The molecule has 0 fully saturated rings. The number of nitrogens with two attached hydrogens (primary N) is 1. The number of aromatic hydroxyl groups is 1. The van der Waals surface area contributed by atoms with Crippen molar-refractivity contribution < 1.29 is 24.2 Å². The molecule has 0 bridgehead atoms. The van der Waals surface area contributed by atoms with Crippen LogP contribution in [0.2, 0.25) is 0 Å². The molecule has 5 rings (SSSR count). The summed E-state index contributed by atoms with van der Waals surface area (Å²) < 4.78 is 4.85. The molecule has 3 aromatic carbocycles. The van der Waals surface area contributed by atoms with Crippen molar-refractivity contribution in [1.82, 2.24) is 4.98 Å². The number of amides is 2. The zero-order valence-corrected chi connectivity index (χ0v) is 22.8. The molecular formula is C30H29ClN4O5. The van der Waals surface area contributed by atoms with Crippen LogP contribution in [0.3, 0.4) is 0 Å². The second-order valence-corrected chi connectivity index (χ2v) is 9.52. The second kappa shape index (κ2) is 12.0. The number of anilines is 3. The van der Waals surface area contributed by atoms with Gasteiger partial charge in [0.15, 0.2) is 0 Å². The number of methoxy groups -OCH3 is 1. The summed E-state index contributed by atoms with van der Waals surface area (Å²) in [4.78, 5) is 39.8. The number of rotatable bonds is 6. The van der Waals surface area contributed by atoms with Gasteiger partial charge in [0.25, 0.3) is 5.91 Å². The average Bonchev–Trinajstić information content (AvgIpc) is 3.50. The van der Waals surface area contributed by atoms with Gasteiger partial charge in [-0.25, -0.2) is 4.79 Å². The van der Waals surface area contributed by atoms with Crippen LogP contribution in [0.15, 0.2) is 61.2 Å². The molecule has 0 aliphatic carbocycles. The van der Waals surface area contributed by atoms with Crippen molar-refractivity contribution in [1.29, 1.82) is 0 Å². The van der Waals surface area contributed by atoms with Crippen molar-refractivity contribution in [3.63, 3.8) is 0 Å². The molecule has 10 heteroatoms. The van der Waals surface area contributed by atoms with Crippen LogP contribution >= 0.6 is 11.6 Å². The zero-order chi connectivity index (χ0) is 29.0. The molecule has 4 aromatic rings. The standard InChI is InChI=1S/C15H15ClN2O4.C15H14N2O/c1-7-11(15(21)22-2)13-12-8(4-16)5-18(6-19)9(12)3-10(20)14(13)17-7;1-2-11-4-3-5-14(10-11)17-15(18)12-6-8-13(16)9-7-12/h3,6,8,17,20H,4-5H2,1-2H3;2-10H,1,16H2,(H,17,18). The number of phenolic OH excluding ortho intramolecular Hbond substituents is 1. The van der Waals surface area contributed by atoms with Gasteiger partial charge < -0.3 is 30.8 Å². The first-order valence-electron chi connectivity index (χ1n) is 12.4. The Morgan fingerprint density at radius 3 is 2.60 bits per heavy atom. The Balaban J connectivity index is 0.000000189. The monoisotopic (exact) mass is 560 g/mol. The number of nitrogens with one attached hydrogen (secondary N) is 2. The molecule has 5 N–H and O–H groups in total. The van der Waals surface area contributed by atoms with Gasteiger partial charge in [-0.3, -0.25) is 9.59 Å². The Bertz CT molecular complexity index is 1600. The summed E-state index contributed by atoms with van der Waals surface area (Å²) >= 11 is 6.04. The van der Waals surface area contributed by atoms with Gasteiger partial charge in [-0.1, -0.05) is 24.8 Å². The SMILES string of the molecule is C=Cc1cccc(NC(=O)c2ccc(N)cc2)c1.COC(=O)c1c(C)[nH]c2c(O)cc3c(c12)C(CCl)CN3C=O. The summed E-state index contributed by atoms with van der Waals surface area (Å²) in [6, 6.07) is 15.8. The molecule has 40 heavy (non-hydrogen) atoms. The van der Waals surface area contributed by atoms with E-state index in [0.717, 1.165) is 16.8 Å². The molecule has 1 aromatic heterocycles. The minimum Gasteiger partial charge on any atom is -0.506 e. The zero-order valence-electron chi connectivity index (χ0n) is 22.0. The fourth-order valence-corrected chi connectivity index (χ4v) is 4.99. The topological polar surface area (TPSA) is 138 Å². The minimum absolute atomic E-state index is 0.0194. The number of nitrogens with zero attached hydrogens (tertiary/aromatic N) is 1. The van der Waals surface area contributed by atoms with Crippen LogP contribution in [-0.2, 0) is 9.53 Å². The van der Waals surface area contributed by atoms with E-state index in [2.05, 4.69) is 16.9 Å². The van der Waals surface area contributed by atoms with Crippen molar-refractivity contribution in [3.8, 4) is 5.75 Å². The first kappa shape index (κ1) is 28.3. The third-order valence-corrected chi connectivity index (χ3v) is 7.03. The Labute approximate surface area is 236 Å². The number of benzene rings is 3. The molecule has 2 amide bonds. The summed E-state index contributed by atoms with van der Waals surface area (Å²) in [6.45, 7) is 5.85. The van der Waals surface area contributed by atoms with Gasteiger partial charge >= 0.3 is 5.97 Å². The third-order valence-electron chi connectivity index (χ3n) is 6.65. The first-order chi connectivity index (χ1) is 19.2. The number of hydrogen-bond acceptors (Lipinski definition) is 6. The van der Waals surface area contributed by atoms with E-state index in [4.69, 9.17) is 22.1 Å². The lowest BCUT2D eigenvalue weighted by Gasteiger charge is -2.11. The number of carbonyl (C=O) groups is 3. The van der Waals surface area contributed by atoms with Crippen molar-refractivity contribution in [3.05, 3.63) is 89.1 Å². The second-order valence-electron chi connectivity index (χ2n) is 9.21. The van der Waals surface area contributed by atoms with Crippen LogP contribution in [0.4, 0.5) is 17.1 Å². The Morgan fingerprint density at radius 1 is 1.25 bits per heavy atom. The number of halogens is 1. The van der Waals surface area contributed by atoms with E-state index in [1.54, 1.807) is 37.3 Å². The maximum atomic E-state index is 12.1. The summed E-state index contributed by atoms with van der Waals surface area (Å²) in [7, 11) is 1.31. The van der Waals surface area contributed by atoms with Gasteiger partial charge in [-0.2, -0.15) is 0 Å². The Hall–Kier alpha value is -4.76. The van der Waals surface area contributed by atoms with Gasteiger partial charge in [0.2, 0.25) is 6.41 Å². The molecule has 0 spiro atoms. The number of phenols is 1. The number of H-pyrrole nitrogens is 1. The van der Waals surface area contributed by atoms with Crippen molar-refractivity contribution in [2.24, 2.45) is 0 Å². The highest BCUT2D eigenvalue weighted by atomic mass is 35.5. The number of aryl methyl sites for hydroxylation is 1. The van der Waals surface area contributed by atoms with Gasteiger partial charge in [-0.15, -0.1) is 11.6 Å². The number of carbonyl (C=O) groups excluding carboxylic acids is 3. The van der Waals surface area contributed by atoms with Crippen molar-refractivity contribution in [2.75, 3.05) is 35.5 Å². The average molecular weight is 561 g/mol. The van der Waals surface area contributed by atoms with E-state index < -0.39 is 5.97 Å². The summed E-state index contributed by atoms with van der Waals surface area (Å²) in [5, 5.41) is 13.6. The fourth-order valence-electron chi connectivity index (χ4n) is 4.74. The maximum Gasteiger partial charge on any atom is 0.340 e. The number of ether oxygens (including phenoxy) is 1. The van der Waals surface area contributed by atoms with E-state index in [1.807, 2.05) is 24.3 Å². The number of aromatic amines is 1. The summed E-state index contributed by atoms with van der Waals surface area (Å²) in [5.41, 5.74) is 11.3. The molecule has 9 nitrogen and oxygen atoms in total. The number of nitrogen functional groups attached to an aromatic ring is 1. The van der Waals surface area contributed by atoms with Crippen LogP contribution in [-0.4, -0.2) is 47.9 Å². The lowest BCUT2D eigenvalue weighted by Crippen LogP contribution is -2.19. The lowest BCUT2D eigenvalue weighted by atomic mass is 9.95.